The molecule has 52 valence electrons. The van der Waals surface area contributed by atoms with Crippen molar-refractivity contribution >= 4 is 28.9 Å². The predicted octanol–water partition coefficient (Wildman–Crippen LogP) is 0.713. The Morgan fingerprint density at radius 2 is 2.22 bits per heavy atom. The van der Waals surface area contributed by atoms with Gasteiger partial charge in [-0.25, -0.2) is 0 Å². The second-order valence-corrected chi connectivity index (χ2v) is 3.08. The summed E-state index contributed by atoms with van der Waals surface area (Å²) in [7, 11) is 3.85. The minimum atomic E-state index is 0.0579. The molecule has 2 nitrogen and oxygen atoms in total. The number of alkyl halides is 1. The number of thiocarbonyl (C=S) groups is 1. The molecule has 1 fully saturated rings. The average Bonchev–Trinajstić information content (AvgIpc) is 1.98. The topological polar surface area (TPSA) is 6.48 Å². The van der Waals surface area contributed by atoms with Crippen LogP contribution in [0.3, 0.4) is 0 Å². The third-order valence-electron chi connectivity index (χ3n) is 1.47. The van der Waals surface area contributed by atoms with Crippen molar-refractivity contribution in [2.75, 3.05) is 20.6 Å². The van der Waals surface area contributed by atoms with Crippen LogP contribution in [0.15, 0.2) is 0 Å². The normalized spacial score (nSPS) is 27.9. The zero-order chi connectivity index (χ0) is 7.02. The number of halogens is 1. The van der Waals surface area contributed by atoms with Gasteiger partial charge < -0.3 is 9.80 Å². The van der Waals surface area contributed by atoms with E-state index in [4.69, 9.17) is 23.8 Å². The Balaban J connectivity index is 2.65. The highest BCUT2D eigenvalue weighted by molar-refractivity contribution is 7.80. The summed E-state index contributed by atoms with van der Waals surface area (Å²) < 4.78 is 0. The van der Waals surface area contributed by atoms with Crippen LogP contribution in [0.1, 0.15) is 0 Å². The lowest BCUT2D eigenvalue weighted by atomic mass is 10.6. The Morgan fingerprint density at radius 1 is 1.67 bits per heavy atom. The molecule has 1 unspecified atom stereocenters. The molecule has 0 radical (unpaired) electrons. The summed E-state index contributed by atoms with van der Waals surface area (Å²) in [6.07, 6.45) is 0. The Morgan fingerprint density at radius 3 is 2.33 bits per heavy atom. The molecule has 0 spiro atoms. The van der Waals surface area contributed by atoms with E-state index in [0.29, 0.717) is 0 Å². The Labute approximate surface area is 65.4 Å². The lowest BCUT2D eigenvalue weighted by Gasteiger charge is -2.13. The van der Waals surface area contributed by atoms with E-state index in [0.717, 1.165) is 11.7 Å². The molecule has 0 aliphatic carbocycles. The first kappa shape index (κ1) is 7.09. The van der Waals surface area contributed by atoms with Gasteiger partial charge in [0.05, 0.1) is 6.54 Å². The number of nitrogens with zero attached hydrogens (tertiary/aromatic N) is 2. The molecule has 0 bridgehead atoms. The molecule has 1 atom stereocenters. The third-order valence-corrected chi connectivity index (χ3v) is 2.50. The van der Waals surface area contributed by atoms with Crippen molar-refractivity contribution in [3.8, 4) is 0 Å². The van der Waals surface area contributed by atoms with Gasteiger partial charge in [0.15, 0.2) is 5.11 Å². The fourth-order valence-electron chi connectivity index (χ4n) is 0.816. The lowest BCUT2D eigenvalue weighted by Crippen LogP contribution is -2.27. The van der Waals surface area contributed by atoms with Gasteiger partial charge in [-0.1, -0.05) is 11.6 Å². The minimum absolute atomic E-state index is 0.0579. The Bertz CT molecular complexity index is 139. The fraction of sp³-hybridized carbons (Fsp3) is 0.800. The van der Waals surface area contributed by atoms with Gasteiger partial charge in [0.1, 0.15) is 5.50 Å². The molecule has 9 heavy (non-hydrogen) atoms. The summed E-state index contributed by atoms with van der Waals surface area (Å²) in [5, 5.41) is 0.829. The molecule has 0 saturated carbocycles. The highest BCUT2D eigenvalue weighted by Crippen LogP contribution is 2.14. The van der Waals surface area contributed by atoms with Crippen LogP contribution in [0.25, 0.3) is 0 Å². The maximum absolute atomic E-state index is 5.85. The first-order valence-corrected chi connectivity index (χ1v) is 3.59. The van der Waals surface area contributed by atoms with Gasteiger partial charge in [-0.15, -0.1) is 0 Å². The molecule has 0 aromatic carbocycles. The fourth-order valence-corrected chi connectivity index (χ4v) is 1.37. The van der Waals surface area contributed by atoms with Crippen molar-refractivity contribution < 1.29 is 0 Å². The number of likely N-dealkylation sites (N-methyl/N-ethyl adjacent to an activating group) is 2. The zero-order valence-electron chi connectivity index (χ0n) is 5.47. The molecule has 0 aromatic rings. The molecule has 1 saturated heterocycles. The second kappa shape index (κ2) is 2.31. The largest absolute Gasteiger partial charge is 0.349 e. The summed E-state index contributed by atoms with van der Waals surface area (Å²) in [6, 6.07) is 0. The molecule has 1 aliphatic heterocycles. The van der Waals surface area contributed by atoms with E-state index < -0.39 is 0 Å². The van der Waals surface area contributed by atoms with Gasteiger partial charge in [-0.05, 0) is 12.2 Å². The predicted molar refractivity (Wildman–Crippen MR) is 42.6 cm³/mol. The van der Waals surface area contributed by atoms with E-state index in [1.54, 1.807) is 0 Å². The second-order valence-electron chi connectivity index (χ2n) is 2.21. The van der Waals surface area contributed by atoms with Crippen molar-refractivity contribution in [1.29, 1.82) is 0 Å². The van der Waals surface area contributed by atoms with E-state index in [1.165, 1.54) is 0 Å². The van der Waals surface area contributed by atoms with Crippen molar-refractivity contribution in [1.82, 2.24) is 9.80 Å². The summed E-state index contributed by atoms with van der Waals surface area (Å²) in [5.41, 5.74) is 0.0579. The van der Waals surface area contributed by atoms with Crippen molar-refractivity contribution in [3.05, 3.63) is 0 Å². The quantitative estimate of drug-likeness (QED) is 0.296. The van der Waals surface area contributed by atoms with E-state index >= 15 is 0 Å². The number of hydrogen-bond donors (Lipinski definition) is 0. The van der Waals surface area contributed by atoms with Crippen LogP contribution in [0.4, 0.5) is 0 Å². The van der Waals surface area contributed by atoms with Crippen molar-refractivity contribution in [2.24, 2.45) is 0 Å². The first-order valence-electron chi connectivity index (χ1n) is 2.75. The molecule has 1 rings (SSSR count). The SMILES string of the molecule is CN1CC(Cl)N(C)C1=S. The summed E-state index contributed by atoms with van der Waals surface area (Å²) in [5.74, 6) is 0. The Hall–Kier alpha value is -0.0200. The maximum Gasteiger partial charge on any atom is 0.172 e. The summed E-state index contributed by atoms with van der Waals surface area (Å²) >= 11 is 10.9. The van der Waals surface area contributed by atoms with Gasteiger partial charge in [-0.3, -0.25) is 0 Å². The smallest absolute Gasteiger partial charge is 0.172 e. The van der Waals surface area contributed by atoms with E-state index in [-0.39, 0.29) is 5.50 Å². The molecular weight excluding hydrogens is 156 g/mol. The highest BCUT2D eigenvalue weighted by atomic mass is 35.5. The monoisotopic (exact) mass is 164 g/mol. The molecule has 1 aliphatic rings. The van der Waals surface area contributed by atoms with Gasteiger partial charge in [0, 0.05) is 14.1 Å². The van der Waals surface area contributed by atoms with Crippen molar-refractivity contribution in [3.63, 3.8) is 0 Å². The molecule has 0 N–H and O–H groups in total. The standard InChI is InChI=1S/C5H9ClN2S/c1-7-3-4(6)8(2)5(7)9/h4H,3H2,1-2H3. The van der Waals surface area contributed by atoms with Crippen LogP contribution < -0.4 is 0 Å². The van der Waals surface area contributed by atoms with Gasteiger partial charge >= 0.3 is 0 Å². The van der Waals surface area contributed by atoms with Crippen LogP contribution in [0.5, 0.6) is 0 Å². The van der Waals surface area contributed by atoms with E-state index in [2.05, 4.69) is 0 Å². The lowest BCUT2D eigenvalue weighted by molar-refractivity contribution is 0.508. The van der Waals surface area contributed by atoms with E-state index in [1.807, 2.05) is 23.9 Å². The highest BCUT2D eigenvalue weighted by Gasteiger charge is 2.26. The van der Waals surface area contributed by atoms with Crippen molar-refractivity contribution in [2.45, 2.75) is 5.50 Å². The minimum Gasteiger partial charge on any atom is -0.349 e. The molecule has 0 amide bonds. The molecule has 1 heterocycles. The third kappa shape index (κ3) is 1.12. The number of rotatable bonds is 0. The maximum atomic E-state index is 5.85. The van der Waals surface area contributed by atoms with Crippen LogP contribution >= 0.6 is 23.8 Å². The molecule has 0 aromatic heterocycles. The van der Waals surface area contributed by atoms with Crippen LogP contribution in [0.2, 0.25) is 0 Å². The number of hydrogen-bond acceptors (Lipinski definition) is 1. The van der Waals surface area contributed by atoms with Gasteiger partial charge in [0.25, 0.3) is 0 Å². The Kier molecular flexibility index (Phi) is 1.82. The molecular formula is C5H9ClN2S. The molecule has 4 heteroatoms. The van der Waals surface area contributed by atoms with Gasteiger partial charge in [-0.2, -0.15) is 0 Å². The van der Waals surface area contributed by atoms with Crippen LogP contribution in [-0.4, -0.2) is 41.1 Å². The zero-order valence-corrected chi connectivity index (χ0v) is 7.04. The summed E-state index contributed by atoms with van der Waals surface area (Å²) in [4.78, 5) is 3.85. The first-order chi connectivity index (χ1) is 4.13. The van der Waals surface area contributed by atoms with Gasteiger partial charge in [0.2, 0.25) is 0 Å². The average molecular weight is 165 g/mol. The van der Waals surface area contributed by atoms with E-state index in [9.17, 15) is 0 Å². The van der Waals surface area contributed by atoms with Crippen LogP contribution in [0, 0.1) is 0 Å². The van der Waals surface area contributed by atoms with Crippen LogP contribution in [-0.2, 0) is 0 Å². The summed E-state index contributed by atoms with van der Waals surface area (Å²) in [6.45, 7) is 0.830.